The van der Waals surface area contributed by atoms with Crippen molar-refractivity contribution in [1.82, 2.24) is 34.6 Å². The number of benzene rings is 1. The number of para-hydroxylation sites is 2. The lowest BCUT2D eigenvalue weighted by Crippen LogP contribution is -2.42. The molecule has 188 valence electrons. The van der Waals surface area contributed by atoms with E-state index >= 15 is 0 Å². The third-order valence-electron chi connectivity index (χ3n) is 6.72. The lowest BCUT2D eigenvalue weighted by atomic mass is 9.93. The first-order valence-electron chi connectivity index (χ1n) is 12.8. The van der Waals surface area contributed by atoms with Crippen molar-refractivity contribution in [2.24, 2.45) is 5.92 Å². The number of amides is 1. The molecule has 1 atom stereocenters. The van der Waals surface area contributed by atoms with E-state index in [1.165, 1.54) is 0 Å². The molecule has 1 aromatic carbocycles. The van der Waals surface area contributed by atoms with Crippen molar-refractivity contribution >= 4 is 28.6 Å². The van der Waals surface area contributed by atoms with Crippen molar-refractivity contribution in [3.05, 3.63) is 59.4 Å². The lowest BCUT2D eigenvalue weighted by Gasteiger charge is -2.33. The Morgan fingerprint density at radius 2 is 2.00 bits per heavy atom. The molecule has 4 heterocycles. The van der Waals surface area contributed by atoms with E-state index in [0.717, 1.165) is 90.9 Å². The number of hydrogen-bond donors (Lipinski definition) is 2. The predicted molar refractivity (Wildman–Crippen MR) is 140 cm³/mol. The van der Waals surface area contributed by atoms with Crippen molar-refractivity contribution in [3.8, 4) is 0 Å². The van der Waals surface area contributed by atoms with Gasteiger partial charge in [0.1, 0.15) is 24.0 Å². The smallest absolute Gasteiger partial charge is 0.242 e. The summed E-state index contributed by atoms with van der Waals surface area (Å²) >= 11 is 0. The van der Waals surface area contributed by atoms with Crippen molar-refractivity contribution in [2.75, 3.05) is 18.4 Å². The average Bonchev–Trinajstić information content (AvgIpc) is 3.42. The fourth-order valence-corrected chi connectivity index (χ4v) is 5.12. The number of imidazole rings is 1. The van der Waals surface area contributed by atoms with Crippen LogP contribution >= 0.6 is 0 Å². The molecule has 0 unspecified atom stereocenters. The van der Waals surface area contributed by atoms with E-state index in [1.807, 2.05) is 49.1 Å². The monoisotopic (exact) mass is 486 g/mol. The highest BCUT2D eigenvalue weighted by Gasteiger charge is 2.25. The van der Waals surface area contributed by atoms with Gasteiger partial charge in [-0.3, -0.25) is 9.89 Å². The van der Waals surface area contributed by atoms with Crippen LogP contribution in [0.25, 0.3) is 11.0 Å². The number of nitrogens with one attached hydrogen (secondary N) is 2. The first-order valence-corrected chi connectivity index (χ1v) is 12.8. The molecular formula is C27H34N8O. The molecule has 4 aromatic rings. The zero-order valence-corrected chi connectivity index (χ0v) is 21.3. The number of fused-ring (bicyclic) bond motifs is 1. The number of aryl methyl sites for hydroxylation is 3. The minimum atomic E-state index is 0.162. The third kappa shape index (κ3) is 5.40. The molecule has 5 rings (SSSR count). The molecule has 2 N–H and O–H groups in total. The SMILES string of the molecule is CCCc1nc2ccccc2n1CC(=O)N1CCC[C@@H](Cc2cc(Nc3cc(C)[nH]n3)nc(C)n2)C1. The molecule has 1 fully saturated rings. The standard InChI is InChI=1S/C27H34N8O/c1-4-8-26-30-22-10-5-6-11-23(22)35(26)17-27(36)34-12-7-9-20(16-34)14-21-15-24(29-19(3)28-21)31-25-13-18(2)32-33-25/h5-6,10-11,13,15,20H,4,7-9,12,14,16-17H2,1-3H3,(H2,28,29,31,32,33)/t20-/m0/s1. The number of piperidine rings is 1. The van der Waals surface area contributed by atoms with Crippen molar-refractivity contribution in [3.63, 3.8) is 0 Å². The minimum absolute atomic E-state index is 0.162. The summed E-state index contributed by atoms with van der Waals surface area (Å²) in [5, 5.41) is 10.4. The molecule has 0 radical (unpaired) electrons. The molecule has 0 aliphatic carbocycles. The first kappa shape index (κ1) is 24.0. The van der Waals surface area contributed by atoms with Crippen LogP contribution in [0.2, 0.25) is 0 Å². The molecule has 3 aromatic heterocycles. The van der Waals surface area contributed by atoms with Gasteiger partial charge in [-0.25, -0.2) is 15.0 Å². The Balaban J connectivity index is 1.26. The Kier molecular flexibility index (Phi) is 6.97. The summed E-state index contributed by atoms with van der Waals surface area (Å²) in [4.78, 5) is 29.4. The summed E-state index contributed by atoms with van der Waals surface area (Å²) in [6.07, 6.45) is 4.77. The summed E-state index contributed by atoms with van der Waals surface area (Å²) in [5.74, 6) is 3.72. The van der Waals surface area contributed by atoms with Crippen LogP contribution in [0, 0.1) is 19.8 Å². The highest BCUT2D eigenvalue weighted by atomic mass is 16.2. The van der Waals surface area contributed by atoms with Gasteiger partial charge in [0, 0.05) is 43.0 Å². The predicted octanol–water partition coefficient (Wildman–Crippen LogP) is 4.34. The number of aromatic amines is 1. The van der Waals surface area contributed by atoms with E-state index in [2.05, 4.69) is 43.0 Å². The largest absolute Gasteiger partial charge is 0.341 e. The van der Waals surface area contributed by atoms with Crippen LogP contribution in [0.5, 0.6) is 0 Å². The fourth-order valence-electron chi connectivity index (χ4n) is 5.12. The van der Waals surface area contributed by atoms with E-state index in [0.29, 0.717) is 12.5 Å². The topological polar surface area (TPSA) is 105 Å². The Labute approximate surface area is 211 Å². The highest BCUT2D eigenvalue weighted by Crippen LogP contribution is 2.24. The van der Waals surface area contributed by atoms with E-state index in [4.69, 9.17) is 4.98 Å². The molecule has 1 saturated heterocycles. The van der Waals surface area contributed by atoms with Crippen LogP contribution in [-0.4, -0.2) is 53.6 Å². The van der Waals surface area contributed by atoms with Gasteiger partial charge in [-0.1, -0.05) is 19.1 Å². The maximum Gasteiger partial charge on any atom is 0.242 e. The van der Waals surface area contributed by atoms with Crippen LogP contribution in [0.1, 0.15) is 49.2 Å². The van der Waals surface area contributed by atoms with Gasteiger partial charge < -0.3 is 14.8 Å². The number of anilines is 2. The summed E-state index contributed by atoms with van der Waals surface area (Å²) in [7, 11) is 0. The zero-order chi connectivity index (χ0) is 25.1. The van der Waals surface area contributed by atoms with Gasteiger partial charge in [-0.15, -0.1) is 0 Å². The Morgan fingerprint density at radius 3 is 2.81 bits per heavy atom. The third-order valence-corrected chi connectivity index (χ3v) is 6.72. The second-order valence-corrected chi connectivity index (χ2v) is 9.76. The van der Waals surface area contributed by atoms with Gasteiger partial charge >= 0.3 is 0 Å². The molecule has 36 heavy (non-hydrogen) atoms. The van der Waals surface area contributed by atoms with E-state index in [-0.39, 0.29) is 5.91 Å². The van der Waals surface area contributed by atoms with Crippen LogP contribution in [0.4, 0.5) is 11.6 Å². The van der Waals surface area contributed by atoms with Gasteiger partial charge in [-0.2, -0.15) is 5.10 Å². The number of carbonyl (C=O) groups excluding carboxylic acids is 1. The number of H-pyrrole nitrogens is 1. The van der Waals surface area contributed by atoms with Crippen LogP contribution in [-0.2, 0) is 24.2 Å². The fraction of sp³-hybridized carbons (Fsp3) is 0.444. The molecule has 0 saturated carbocycles. The van der Waals surface area contributed by atoms with Gasteiger partial charge in [0.05, 0.1) is 11.0 Å². The molecular weight excluding hydrogens is 452 g/mol. The maximum atomic E-state index is 13.4. The average molecular weight is 487 g/mol. The molecule has 1 aliphatic rings. The van der Waals surface area contributed by atoms with Gasteiger partial charge in [-0.05, 0) is 57.6 Å². The van der Waals surface area contributed by atoms with Gasteiger partial charge in [0.25, 0.3) is 0 Å². The molecule has 0 spiro atoms. The second kappa shape index (κ2) is 10.5. The van der Waals surface area contributed by atoms with Crippen LogP contribution < -0.4 is 5.32 Å². The van der Waals surface area contributed by atoms with E-state index in [1.54, 1.807) is 0 Å². The van der Waals surface area contributed by atoms with Crippen molar-refractivity contribution in [2.45, 2.75) is 59.4 Å². The Hall–Kier alpha value is -3.75. The Bertz CT molecular complexity index is 1360. The van der Waals surface area contributed by atoms with Gasteiger partial charge in [0.15, 0.2) is 5.82 Å². The molecule has 1 amide bonds. The quantitative estimate of drug-likeness (QED) is 0.384. The molecule has 1 aliphatic heterocycles. The lowest BCUT2D eigenvalue weighted by molar-refractivity contribution is -0.133. The number of hydrogen-bond acceptors (Lipinski definition) is 6. The van der Waals surface area contributed by atoms with E-state index in [9.17, 15) is 4.79 Å². The molecule has 0 bridgehead atoms. The normalized spacial score (nSPS) is 16.0. The van der Waals surface area contributed by atoms with E-state index < -0.39 is 0 Å². The zero-order valence-electron chi connectivity index (χ0n) is 21.3. The molecule has 9 nitrogen and oxygen atoms in total. The Morgan fingerprint density at radius 1 is 1.14 bits per heavy atom. The summed E-state index contributed by atoms with van der Waals surface area (Å²) in [6, 6.07) is 12.0. The number of likely N-dealkylation sites (tertiary alicyclic amines) is 1. The number of nitrogens with zero attached hydrogens (tertiary/aromatic N) is 6. The molecule has 9 heteroatoms. The van der Waals surface area contributed by atoms with Crippen LogP contribution in [0.15, 0.2) is 36.4 Å². The van der Waals surface area contributed by atoms with Crippen LogP contribution in [0.3, 0.4) is 0 Å². The number of carbonyl (C=O) groups is 1. The van der Waals surface area contributed by atoms with Crippen molar-refractivity contribution < 1.29 is 4.79 Å². The highest BCUT2D eigenvalue weighted by molar-refractivity contribution is 5.81. The first-order chi connectivity index (χ1) is 17.5. The minimum Gasteiger partial charge on any atom is -0.341 e. The summed E-state index contributed by atoms with van der Waals surface area (Å²) in [5.41, 5.74) is 3.97. The maximum absolute atomic E-state index is 13.4. The number of aromatic nitrogens is 6. The van der Waals surface area contributed by atoms with Gasteiger partial charge in [0.2, 0.25) is 5.91 Å². The second-order valence-electron chi connectivity index (χ2n) is 9.76. The summed E-state index contributed by atoms with van der Waals surface area (Å²) in [6.45, 7) is 7.91. The number of rotatable bonds is 8. The summed E-state index contributed by atoms with van der Waals surface area (Å²) < 4.78 is 2.10. The van der Waals surface area contributed by atoms with Crippen molar-refractivity contribution in [1.29, 1.82) is 0 Å².